The molecule has 0 N–H and O–H groups in total. The van der Waals surface area contributed by atoms with Crippen LogP contribution in [0.5, 0.6) is 11.5 Å². The highest BCUT2D eigenvalue weighted by molar-refractivity contribution is 6.24. The molecule has 0 spiro atoms. The number of benzene rings is 3. The van der Waals surface area contributed by atoms with Crippen LogP contribution < -0.4 is 9.47 Å². The molecule has 0 aliphatic rings. The minimum absolute atomic E-state index is 0.0303. The molecule has 0 saturated heterocycles. The highest BCUT2D eigenvalue weighted by Crippen LogP contribution is 2.29. The number of rotatable bonds is 8. The molecule has 3 aromatic carbocycles. The summed E-state index contributed by atoms with van der Waals surface area (Å²) in [6.07, 6.45) is 1.68. The Kier molecular flexibility index (Phi) is 7.23. The third kappa shape index (κ3) is 5.31. The molecule has 7 nitrogen and oxygen atoms in total. The van der Waals surface area contributed by atoms with Gasteiger partial charge in [0.25, 0.3) is 11.6 Å². The van der Waals surface area contributed by atoms with E-state index in [1.165, 1.54) is 12.1 Å². The number of methoxy groups -OCH3 is 2. The Morgan fingerprint density at radius 2 is 1.69 bits per heavy atom. The number of hydrogen-bond donors (Lipinski definition) is 0. The molecule has 0 radical (unpaired) electrons. The lowest BCUT2D eigenvalue weighted by Gasteiger charge is -2.20. The Labute approximate surface area is 186 Å². The fraction of sp³-hybridized carbons (Fsp3) is 0.160. The van der Waals surface area contributed by atoms with Gasteiger partial charge in [-0.2, -0.15) is 0 Å². The van der Waals surface area contributed by atoms with E-state index in [4.69, 9.17) is 9.47 Å². The molecular formula is C25H24N2O5. The van der Waals surface area contributed by atoms with Crippen LogP contribution in [-0.2, 0) is 11.3 Å². The highest BCUT2D eigenvalue weighted by atomic mass is 16.6. The summed E-state index contributed by atoms with van der Waals surface area (Å²) in [5.41, 5.74) is 2.58. The number of ether oxygens (including phenoxy) is 2. The second kappa shape index (κ2) is 10.3. The maximum Gasteiger partial charge on any atom is 0.270 e. The molecule has 7 heteroatoms. The van der Waals surface area contributed by atoms with E-state index in [9.17, 15) is 14.9 Å². The van der Waals surface area contributed by atoms with Crippen molar-refractivity contribution in [1.29, 1.82) is 0 Å². The van der Waals surface area contributed by atoms with Crippen LogP contribution in [0.3, 0.4) is 0 Å². The predicted octanol–water partition coefficient (Wildman–Crippen LogP) is 4.81. The number of non-ortho nitro benzene ring substituents is 1. The zero-order valence-electron chi connectivity index (χ0n) is 18.1. The Morgan fingerprint density at radius 3 is 2.34 bits per heavy atom. The number of hydrogen-bond acceptors (Lipinski definition) is 5. The van der Waals surface area contributed by atoms with Crippen molar-refractivity contribution in [1.82, 2.24) is 4.90 Å². The Morgan fingerprint density at radius 1 is 0.969 bits per heavy atom. The van der Waals surface area contributed by atoms with Gasteiger partial charge in [-0.05, 0) is 34.9 Å². The summed E-state index contributed by atoms with van der Waals surface area (Å²) < 4.78 is 10.6. The first-order chi connectivity index (χ1) is 15.4. The van der Waals surface area contributed by atoms with Crippen LogP contribution in [0.25, 0.3) is 11.6 Å². The SMILES string of the molecule is COc1ccc(CN(C)C(=O)/C(=C/c2cccc([N+](=O)[O-])c2)c2ccccc2)cc1OC. The topological polar surface area (TPSA) is 81.9 Å². The molecule has 0 fully saturated rings. The summed E-state index contributed by atoms with van der Waals surface area (Å²) in [4.78, 5) is 25.7. The van der Waals surface area contributed by atoms with Crippen LogP contribution in [0.2, 0.25) is 0 Å². The third-order valence-corrected chi connectivity index (χ3v) is 4.92. The van der Waals surface area contributed by atoms with Crippen molar-refractivity contribution in [3.8, 4) is 11.5 Å². The smallest absolute Gasteiger partial charge is 0.270 e. The average Bonchev–Trinajstić information content (AvgIpc) is 2.82. The van der Waals surface area contributed by atoms with E-state index in [1.807, 2.05) is 42.5 Å². The lowest BCUT2D eigenvalue weighted by molar-refractivity contribution is -0.384. The molecule has 0 aromatic heterocycles. The molecule has 32 heavy (non-hydrogen) atoms. The zero-order chi connectivity index (χ0) is 23.1. The zero-order valence-corrected chi connectivity index (χ0v) is 18.1. The number of amides is 1. The summed E-state index contributed by atoms with van der Waals surface area (Å²) in [6.45, 7) is 0.346. The predicted molar refractivity (Wildman–Crippen MR) is 123 cm³/mol. The number of nitro benzene ring substituents is 1. The van der Waals surface area contributed by atoms with E-state index >= 15 is 0 Å². The van der Waals surface area contributed by atoms with E-state index in [-0.39, 0.29) is 11.6 Å². The Balaban J connectivity index is 1.94. The van der Waals surface area contributed by atoms with Gasteiger partial charge >= 0.3 is 0 Å². The van der Waals surface area contributed by atoms with Gasteiger partial charge in [-0.15, -0.1) is 0 Å². The highest BCUT2D eigenvalue weighted by Gasteiger charge is 2.18. The maximum atomic E-state index is 13.4. The number of nitro groups is 1. The van der Waals surface area contributed by atoms with Gasteiger partial charge in [0, 0.05) is 31.3 Å². The van der Waals surface area contributed by atoms with Crippen molar-refractivity contribution >= 4 is 23.2 Å². The van der Waals surface area contributed by atoms with Gasteiger partial charge in [0.15, 0.2) is 11.5 Å². The molecule has 1 amide bonds. The summed E-state index contributed by atoms with van der Waals surface area (Å²) in [7, 11) is 4.84. The molecule has 0 heterocycles. The average molecular weight is 432 g/mol. The molecule has 0 unspecified atom stereocenters. The van der Waals surface area contributed by atoms with Gasteiger partial charge in [-0.25, -0.2) is 0 Å². The van der Waals surface area contributed by atoms with E-state index in [0.29, 0.717) is 29.2 Å². The molecular weight excluding hydrogens is 408 g/mol. The lowest BCUT2D eigenvalue weighted by atomic mass is 10.0. The fourth-order valence-electron chi connectivity index (χ4n) is 3.31. The normalized spacial score (nSPS) is 11.0. The molecule has 0 aliphatic heterocycles. The fourth-order valence-corrected chi connectivity index (χ4v) is 3.31. The first-order valence-corrected chi connectivity index (χ1v) is 9.91. The summed E-state index contributed by atoms with van der Waals surface area (Å²) >= 11 is 0. The van der Waals surface area contributed by atoms with Crippen LogP contribution >= 0.6 is 0 Å². The van der Waals surface area contributed by atoms with Crippen molar-refractivity contribution < 1.29 is 19.2 Å². The summed E-state index contributed by atoms with van der Waals surface area (Å²) in [5.74, 6) is 0.986. The van der Waals surface area contributed by atoms with Crippen molar-refractivity contribution in [2.75, 3.05) is 21.3 Å². The van der Waals surface area contributed by atoms with Gasteiger partial charge < -0.3 is 14.4 Å². The van der Waals surface area contributed by atoms with E-state index in [2.05, 4.69) is 0 Å². The summed E-state index contributed by atoms with van der Waals surface area (Å²) in [6, 6.07) is 20.9. The molecule has 164 valence electrons. The van der Waals surface area contributed by atoms with Crippen LogP contribution in [0.1, 0.15) is 16.7 Å². The van der Waals surface area contributed by atoms with Gasteiger partial charge in [0.05, 0.1) is 19.1 Å². The number of likely N-dealkylation sites (N-methyl/N-ethyl adjacent to an activating group) is 1. The molecule has 0 saturated carbocycles. The third-order valence-electron chi connectivity index (χ3n) is 4.92. The first kappa shape index (κ1) is 22.6. The van der Waals surface area contributed by atoms with E-state index < -0.39 is 4.92 Å². The second-order valence-electron chi connectivity index (χ2n) is 7.13. The monoisotopic (exact) mass is 432 g/mol. The summed E-state index contributed by atoms with van der Waals surface area (Å²) in [5, 5.41) is 11.1. The number of carbonyl (C=O) groups is 1. The maximum absolute atomic E-state index is 13.4. The van der Waals surface area contributed by atoms with Gasteiger partial charge in [-0.3, -0.25) is 14.9 Å². The largest absolute Gasteiger partial charge is 0.493 e. The van der Waals surface area contributed by atoms with Crippen molar-refractivity contribution in [3.05, 3.63) is 99.6 Å². The molecule has 0 bridgehead atoms. The molecule has 3 rings (SSSR count). The molecule has 0 atom stereocenters. The second-order valence-corrected chi connectivity index (χ2v) is 7.13. The van der Waals surface area contributed by atoms with Crippen molar-refractivity contribution in [2.45, 2.75) is 6.54 Å². The minimum Gasteiger partial charge on any atom is -0.493 e. The number of nitrogens with zero attached hydrogens (tertiary/aromatic N) is 2. The Bertz CT molecular complexity index is 1140. The van der Waals surface area contributed by atoms with Gasteiger partial charge in [0.2, 0.25) is 0 Å². The Hall–Kier alpha value is -4.13. The van der Waals surface area contributed by atoms with Crippen LogP contribution in [0.15, 0.2) is 72.8 Å². The van der Waals surface area contributed by atoms with Crippen LogP contribution in [-0.4, -0.2) is 37.0 Å². The molecule has 3 aromatic rings. The van der Waals surface area contributed by atoms with Gasteiger partial charge in [-0.1, -0.05) is 48.5 Å². The first-order valence-electron chi connectivity index (χ1n) is 9.91. The van der Waals surface area contributed by atoms with Crippen molar-refractivity contribution in [3.63, 3.8) is 0 Å². The number of carbonyl (C=O) groups excluding carboxylic acids is 1. The minimum atomic E-state index is -0.454. The van der Waals surface area contributed by atoms with Crippen LogP contribution in [0, 0.1) is 10.1 Å². The standard InChI is InChI=1S/C25H24N2O5/c1-26(17-19-12-13-23(31-2)24(16-19)32-3)25(28)22(20-9-5-4-6-10-20)15-18-8-7-11-21(14-18)27(29)30/h4-16H,17H2,1-3H3/b22-15+. The quantitative estimate of drug-likeness (QED) is 0.221. The molecule has 0 aliphatic carbocycles. The lowest BCUT2D eigenvalue weighted by Crippen LogP contribution is -2.27. The van der Waals surface area contributed by atoms with E-state index in [1.54, 1.807) is 50.4 Å². The van der Waals surface area contributed by atoms with Gasteiger partial charge in [0.1, 0.15) is 0 Å². The van der Waals surface area contributed by atoms with Crippen LogP contribution in [0.4, 0.5) is 5.69 Å². The van der Waals surface area contributed by atoms with E-state index in [0.717, 1.165) is 11.1 Å². The van der Waals surface area contributed by atoms with Crippen molar-refractivity contribution in [2.24, 2.45) is 0 Å².